The Morgan fingerprint density at radius 3 is 2.38 bits per heavy atom. The molecule has 0 saturated heterocycles. The van der Waals surface area contributed by atoms with Gasteiger partial charge in [0.2, 0.25) is 0 Å². The van der Waals surface area contributed by atoms with Gasteiger partial charge in [0, 0.05) is 35.0 Å². The fourth-order valence-corrected chi connectivity index (χ4v) is 5.38. The van der Waals surface area contributed by atoms with Crippen LogP contribution in [0.3, 0.4) is 0 Å². The van der Waals surface area contributed by atoms with Crippen LogP contribution in [0, 0.1) is 0 Å². The SMILES string of the molecule is CNCc1cc(Oc2ccc(NC(=O)Nc3cc(C(C)(C)C)cc(Nc4nc(C(=O)O)cs4)c3OC)c3ccccc23)ccn1. The minimum atomic E-state index is -1.11. The van der Waals surface area contributed by atoms with Crippen LogP contribution in [0.15, 0.2) is 72.2 Å². The molecule has 5 N–H and O–H groups in total. The Labute approximate surface area is 264 Å². The standard InChI is InChI=1S/C33H34N6O5S/c1-33(2,3)19-14-25(29(43-5)26(15-19)38-32-39-27(18-45-32)30(40)41)37-31(42)36-24-10-11-28(23-9-7-6-8-22(23)24)44-21-12-13-35-20(16-21)17-34-4/h6-16,18,34H,17H2,1-5H3,(H,38,39)(H,40,41)(H2,36,37,42). The molecule has 3 aromatic carbocycles. The number of carboxylic acid groups (broad SMARTS) is 1. The number of hydrogen-bond donors (Lipinski definition) is 5. The van der Waals surface area contributed by atoms with E-state index in [2.05, 4.69) is 52.0 Å². The molecule has 2 aromatic heterocycles. The van der Waals surface area contributed by atoms with Crippen molar-refractivity contribution in [1.82, 2.24) is 15.3 Å². The van der Waals surface area contributed by atoms with Crippen molar-refractivity contribution in [2.24, 2.45) is 0 Å². The zero-order valence-corrected chi connectivity index (χ0v) is 26.3. The first-order valence-corrected chi connectivity index (χ1v) is 15.0. The van der Waals surface area contributed by atoms with Gasteiger partial charge in [-0.3, -0.25) is 4.98 Å². The number of carboxylic acids is 1. The second-order valence-corrected chi connectivity index (χ2v) is 12.0. The summed E-state index contributed by atoms with van der Waals surface area (Å²) in [6.45, 7) is 6.78. The van der Waals surface area contributed by atoms with Gasteiger partial charge in [-0.2, -0.15) is 0 Å². The molecule has 0 fully saturated rings. The molecule has 5 aromatic rings. The maximum atomic E-state index is 13.5. The molecule has 0 atom stereocenters. The summed E-state index contributed by atoms with van der Waals surface area (Å²) in [5.74, 6) is 0.554. The molecule has 0 saturated carbocycles. The summed E-state index contributed by atoms with van der Waals surface area (Å²) >= 11 is 1.16. The number of carbonyl (C=O) groups is 2. The number of amides is 2. The van der Waals surface area contributed by atoms with Crippen LogP contribution >= 0.6 is 11.3 Å². The van der Waals surface area contributed by atoms with Crippen molar-refractivity contribution < 1.29 is 24.2 Å². The quantitative estimate of drug-likeness (QED) is 0.106. The molecule has 5 rings (SSSR count). The summed E-state index contributed by atoms with van der Waals surface area (Å²) in [6.07, 6.45) is 1.71. The average Bonchev–Trinajstić information content (AvgIpc) is 3.47. The van der Waals surface area contributed by atoms with Crippen LogP contribution in [-0.4, -0.2) is 41.2 Å². The summed E-state index contributed by atoms with van der Waals surface area (Å²) in [7, 11) is 3.36. The van der Waals surface area contributed by atoms with Crippen LogP contribution in [-0.2, 0) is 12.0 Å². The van der Waals surface area contributed by atoms with Crippen LogP contribution in [0.5, 0.6) is 17.2 Å². The highest BCUT2D eigenvalue weighted by Crippen LogP contribution is 2.41. The number of pyridine rings is 1. The topological polar surface area (TPSA) is 147 Å². The second-order valence-electron chi connectivity index (χ2n) is 11.2. The zero-order chi connectivity index (χ0) is 32.1. The molecule has 0 aliphatic rings. The number of hydrogen-bond acceptors (Lipinski definition) is 9. The molecule has 0 spiro atoms. The molecule has 232 valence electrons. The lowest BCUT2D eigenvalue weighted by atomic mass is 9.86. The Morgan fingerprint density at radius 2 is 1.69 bits per heavy atom. The summed E-state index contributed by atoms with van der Waals surface area (Å²) in [5.41, 5.74) is 2.99. The van der Waals surface area contributed by atoms with Crippen molar-refractivity contribution in [3.63, 3.8) is 0 Å². The Morgan fingerprint density at radius 1 is 0.956 bits per heavy atom. The maximum absolute atomic E-state index is 13.5. The lowest BCUT2D eigenvalue weighted by molar-refractivity contribution is 0.0691. The van der Waals surface area contributed by atoms with Gasteiger partial charge in [-0.25, -0.2) is 14.6 Å². The fraction of sp³-hybridized carbons (Fsp3) is 0.212. The van der Waals surface area contributed by atoms with Gasteiger partial charge in [0.1, 0.15) is 11.5 Å². The first-order valence-electron chi connectivity index (χ1n) is 14.1. The van der Waals surface area contributed by atoms with E-state index in [9.17, 15) is 14.7 Å². The van der Waals surface area contributed by atoms with Crippen LogP contribution in [0.2, 0.25) is 0 Å². The highest BCUT2D eigenvalue weighted by Gasteiger charge is 2.22. The summed E-state index contributed by atoms with van der Waals surface area (Å²) in [4.78, 5) is 33.3. The third-order valence-electron chi connectivity index (χ3n) is 6.88. The molecule has 45 heavy (non-hydrogen) atoms. The molecule has 0 bridgehead atoms. The molecule has 11 nitrogen and oxygen atoms in total. The van der Waals surface area contributed by atoms with E-state index in [4.69, 9.17) is 9.47 Å². The minimum Gasteiger partial charge on any atom is -0.492 e. The number of carbonyl (C=O) groups excluding carboxylic acids is 1. The number of nitrogens with one attached hydrogen (secondary N) is 4. The molecular weight excluding hydrogens is 592 g/mol. The molecule has 0 unspecified atom stereocenters. The van der Waals surface area contributed by atoms with Gasteiger partial charge in [-0.1, -0.05) is 45.0 Å². The maximum Gasteiger partial charge on any atom is 0.355 e. The third kappa shape index (κ3) is 7.31. The minimum absolute atomic E-state index is 0.0610. The van der Waals surface area contributed by atoms with E-state index >= 15 is 0 Å². The number of ether oxygens (including phenoxy) is 2. The Kier molecular flexibility index (Phi) is 9.16. The van der Waals surface area contributed by atoms with Gasteiger partial charge in [0.15, 0.2) is 16.6 Å². The number of anilines is 4. The van der Waals surface area contributed by atoms with Gasteiger partial charge in [-0.05, 0) is 48.4 Å². The van der Waals surface area contributed by atoms with Gasteiger partial charge < -0.3 is 35.8 Å². The molecule has 12 heteroatoms. The van der Waals surface area contributed by atoms with Gasteiger partial charge in [-0.15, -0.1) is 11.3 Å². The predicted octanol–water partition coefficient (Wildman–Crippen LogP) is 7.59. The van der Waals surface area contributed by atoms with E-state index in [1.54, 1.807) is 18.3 Å². The van der Waals surface area contributed by atoms with Gasteiger partial charge in [0.25, 0.3) is 0 Å². The van der Waals surface area contributed by atoms with E-state index in [-0.39, 0.29) is 11.1 Å². The van der Waals surface area contributed by atoms with Crippen molar-refractivity contribution >= 4 is 56.3 Å². The van der Waals surface area contributed by atoms with Gasteiger partial charge in [0.05, 0.1) is 29.9 Å². The number of methoxy groups -OCH3 is 1. The van der Waals surface area contributed by atoms with Crippen LogP contribution < -0.4 is 30.7 Å². The van der Waals surface area contributed by atoms with E-state index in [1.807, 2.05) is 55.6 Å². The third-order valence-corrected chi connectivity index (χ3v) is 7.64. The van der Waals surface area contributed by atoms with Crippen molar-refractivity contribution in [3.05, 3.63) is 89.2 Å². The average molecular weight is 627 g/mol. The van der Waals surface area contributed by atoms with Crippen molar-refractivity contribution in [3.8, 4) is 17.2 Å². The highest BCUT2D eigenvalue weighted by atomic mass is 32.1. The lowest BCUT2D eigenvalue weighted by Crippen LogP contribution is -2.21. The van der Waals surface area contributed by atoms with Gasteiger partial charge >= 0.3 is 12.0 Å². The summed E-state index contributed by atoms with van der Waals surface area (Å²) in [6, 6.07) is 18.3. The van der Waals surface area contributed by atoms with E-state index in [0.717, 1.165) is 33.4 Å². The number of thiazole rings is 1. The normalized spacial score (nSPS) is 11.2. The fourth-order valence-electron chi connectivity index (χ4n) is 4.68. The van der Waals surface area contributed by atoms with Crippen molar-refractivity contribution in [2.45, 2.75) is 32.7 Å². The number of urea groups is 1. The number of nitrogens with zero attached hydrogens (tertiary/aromatic N) is 2. The summed E-state index contributed by atoms with van der Waals surface area (Å²) in [5, 5.41) is 24.9. The zero-order valence-electron chi connectivity index (χ0n) is 25.5. The molecule has 0 aliphatic carbocycles. The Bertz CT molecular complexity index is 1870. The van der Waals surface area contributed by atoms with Crippen LogP contribution in [0.4, 0.5) is 27.0 Å². The largest absolute Gasteiger partial charge is 0.492 e. The smallest absolute Gasteiger partial charge is 0.355 e. The molecule has 0 radical (unpaired) electrons. The first kappa shape index (κ1) is 31.2. The van der Waals surface area contributed by atoms with E-state index in [0.29, 0.717) is 46.0 Å². The monoisotopic (exact) mass is 626 g/mol. The number of benzene rings is 3. The first-order chi connectivity index (χ1) is 21.5. The predicted molar refractivity (Wildman–Crippen MR) is 178 cm³/mol. The Balaban J connectivity index is 1.43. The number of aromatic carboxylic acids is 1. The van der Waals surface area contributed by atoms with Crippen molar-refractivity contribution in [2.75, 3.05) is 30.1 Å². The highest BCUT2D eigenvalue weighted by molar-refractivity contribution is 7.14. The van der Waals surface area contributed by atoms with E-state index < -0.39 is 12.0 Å². The molecular formula is C33H34N6O5S. The number of aromatic nitrogens is 2. The molecule has 2 amide bonds. The van der Waals surface area contributed by atoms with E-state index in [1.165, 1.54) is 12.5 Å². The lowest BCUT2D eigenvalue weighted by Gasteiger charge is -2.24. The van der Waals surface area contributed by atoms with Crippen LogP contribution in [0.1, 0.15) is 42.5 Å². The molecule has 0 aliphatic heterocycles. The van der Waals surface area contributed by atoms with Crippen LogP contribution in [0.25, 0.3) is 10.8 Å². The Hall–Kier alpha value is -5.20. The molecule has 2 heterocycles. The second kappa shape index (κ2) is 13.2. The number of rotatable bonds is 10. The van der Waals surface area contributed by atoms with Crippen molar-refractivity contribution in [1.29, 1.82) is 0 Å². The summed E-state index contributed by atoms with van der Waals surface area (Å²) < 4.78 is 11.9. The number of fused-ring (bicyclic) bond motifs is 1.